The second-order valence-corrected chi connectivity index (χ2v) is 14.4. The van der Waals surface area contributed by atoms with Gasteiger partial charge in [-0.1, -0.05) is 82.1 Å². The number of nitrogens with zero attached hydrogens (tertiary/aromatic N) is 2. The van der Waals surface area contributed by atoms with Gasteiger partial charge in [0.2, 0.25) is 11.8 Å². The van der Waals surface area contributed by atoms with Crippen LogP contribution in [-0.4, -0.2) is 95.7 Å². The van der Waals surface area contributed by atoms with Crippen LogP contribution in [0.5, 0.6) is 0 Å². The minimum Gasteiger partial charge on any atom is -0.455 e. The van der Waals surface area contributed by atoms with Crippen molar-refractivity contribution in [3.05, 3.63) is 90.0 Å². The summed E-state index contributed by atoms with van der Waals surface area (Å²) in [7, 11) is 1.49. The number of aryl methyl sites for hydroxylation is 1. The predicted molar refractivity (Wildman–Crippen MR) is 192 cm³/mol. The molecule has 13 heteroatoms. The van der Waals surface area contributed by atoms with E-state index in [-0.39, 0.29) is 38.4 Å². The number of ether oxygens (including phenoxy) is 3. The molecule has 3 saturated heterocycles. The molecule has 2 aromatic rings. The highest BCUT2D eigenvalue weighted by Gasteiger charge is 2.77. The third-order valence-corrected chi connectivity index (χ3v) is 10.8. The van der Waals surface area contributed by atoms with Crippen molar-refractivity contribution >= 4 is 56.9 Å². The number of rotatable bonds is 16. The molecule has 8 atom stereocenters. The third-order valence-electron chi connectivity index (χ3n) is 9.68. The first kappa shape index (κ1) is 37.7. The third kappa shape index (κ3) is 7.01. The van der Waals surface area contributed by atoms with Gasteiger partial charge >= 0.3 is 5.97 Å². The summed E-state index contributed by atoms with van der Waals surface area (Å²) in [5.41, 5.74) is 0.418. The van der Waals surface area contributed by atoms with Gasteiger partial charge in [-0.25, -0.2) is 0 Å². The summed E-state index contributed by atoms with van der Waals surface area (Å²) in [5.74, 6) is -4.11. The lowest BCUT2D eigenvalue weighted by Gasteiger charge is -2.37. The number of β-amino-alcohol motifs (C(OH)–C–C–N with tert-alkyl or cyclic N) is 1. The van der Waals surface area contributed by atoms with Gasteiger partial charge in [0.15, 0.2) is 0 Å². The number of nitrogens with one attached hydrogen (secondary N) is 1. The van der Waals surface area contributed by atoms with E-state index < -0.39 is 70.9 Å². The van der Waals surface area contributed by atoms with Crippen LogP contribution < -0.4 is 10.2 Å². The molecule has 3 aliphatic heterocycles. The Kier molecular flexibility index (Phi) is 12.2. The average Bonchev–Trinajstić information content (AvgIpc) is 3.69. The van der Waals surface area contributed by atoms with Gasteiger partial charge in [-0.2, -0.15) is 0 Å². The number of allylic oxidation sites excluding steroid dienone is 1. The maximum absolute atomic E-state index is 14.8. The number of esters is 1. The average molecular weight is 773 g/mol. The standard InChI is InChI=1S/C37H43BrClN3O8/c1-5-7-16-27(44)40-26(21-48-4)31(23-13-9-8-10-14-23)49-36(47)28-29-34(45)42(18-19-43)33(37(29)20-24(38)32(28)50-37)35(46)41(17-6-2)30-22(3)12-11-15-25(30)39/h5-6,8-15,24,26,28-29,31-33,43H,1-2,7,16-21H2,3-4H3,(H,40,44)/t24?,26-,28+,29-,31-,32+,33+,37-/m1/s1. The van der Waals surface area contributed by atoms with Crippen molar-refractivity contribution < 1.29 is 38.5 Å². The van der Waals surface area contributed by atoms with E-state index in [0.717, 1.165) is 5.56 Å². The molecule has 50 heavy (non-hydrogen) atoms. The van der Waals surface area contributed by atoms with Crippen molar-refractivity contribution in [3.63, 3.8) is 0 Å². The number of halogens is 2. The van der Waals surface area contributed by atoms with Crippen molar-refractivity contribution in [2.75, 3.05) is 38.3 Å². The number of benzene rings is 2. The number of alkyl halides is 1. The number of anilines is 1. The maximum atomic E-state index is 14.8. The fourth-order valence-corrected chi connectivity index (χ4v) is 8.95. The van der Waals surface area contributed by atoms with Crippen LogP contribution in [0.2, 0.25) is 5.02 Å². The van der Waals surface area contributed by atoms with Crippen molar-refractivity contribution in [2.24, 2.45) is 11.8 Å². The lowest BCUT2D eigenvalue weighted by atomic mass is 9.70. The zero-order chi connectivity index (χ0) is 36.2. The van der Waals surface area contributed by atoms with E-state index in [1.807, 2.05) is 19.1 Å². The van der Waals surface area contributed by atoms with Crippen LogP contribution in [0.3, 0.4) is 0 Å². The minimum absolute atomic E-state index is 0.0338. The monoisotopic (exact) mass is 771 g/mol. The van der Waals surface area contributed by atoms with E-state index in [1.54, 1.807) is 48.6 Å². The van der Waals surface area contributed by atoms with Crippen molar-refractivity contribution in [3.8, 4) is 0 Å². The summed E-state index contributed by atoms with van der Waals surface area (Å²) in [6.45, 7) is 8.90. The second kappa shape index (κ2) is 16.2. The van der Waals surface area contributed by atoms with Gasteiger partial charge in [-0.15, -0.1) is 13.2 Å². The van der Waals surface area contributed by atoms with Gasteiger partial charge in [-0.05, 0) is 37.0 Å². The number of amides is 3. The van der Waals surface area contributed by atoms with Crippen LogP contribution in [0, 0.1) is 18.8 Å². The van der Waals surface area contributed by atoms with Gasteiger partial charge in [0.25, 0.3) is 5.91 Å². The summed E-state index contributed by atoms with van der Waals surface area (Å²) in [5, 5.41) is 13.4. The van der Waals surface area contributed by atoms with Gasteiger partial charge in [0.05, 0.1) is 47.9 Å². The van der Waals surface area contributed by atoms with Crippen LogP contribution in [0.4, 0.5) is 5.69 Å². The predicted octanol–water partition coefficient (Wildman–Crippen LogP) is 4.29. The summed E-state index contributed by atoms with van der Waals surface area (Å²) >= 11 is 10.3. The van der Waals surface area contributed by atoms with E-state index in [1.165, 1.54) is 16.9 Å². The smallest absolute Gasteiger partial charge is 0.313 e. The Morgan fingerprint density at radius 1 is 1.20 bits per heavy atom. The first-order valence-corrected chi connectivity index (χ1v) is 17.9. The van der Waals surface area contributed by atoms with Gasteiger partial charge in [-0.3, -0.25) is 19.2 Å². The minimum atomic E-state index is -1.41. The zero-order valence-corrected chi connectivity index (χ0v) is 30.5. The highest BCUT2D eigenvalue weighted by molar-refractivity contribution is 9.09. The molecule has 0 radical (unpaired) electrons. The van der Waals surface area contributed by atoms with E-state index in [4.69, 9.17) is 25.8 Å². The Balaban J connectivity index is 1.52. The molecule has 5 rings (SSSR count). The zero-order valence-electron chi connectivity index (χ0n) is 28.1. The second-order valence-electron chi connectivity index (χ2n) is 12.8. The fraction of sp³-hybridized carbons (Fsp3) is 0.459. The van der Waals surface area contributed by atoms with Crippen LogP contribution in [0.1, 0.15) is 36.5 Å². The van der Waals surface area contributed by atoms with E-state index in [0.29, 0.717) is 22.7 Å². The molecular weight excluding hydrogens is 730 g/mol. The number of aliphatic hydroxyl groups is 1. The van der Waals surface area contributed by atoms with Gasteiger partial charge in [0, 0.05) is 31.4 Å². The number of methoxy groups -OCH3 is 1. The number of fused-ring (bicyclic) bond motifs is 1. The van der Waals surface area contributed by atoms with Crippen LogP contribution in [-0.2, 0) is 33.4 Å². The number of carbonyl (C=O) groups excluding carboxylic acids is 4. The SMILES string of the molecule is C=CCCC(=O)N[C@H](COC)[C@H](OC(=O)[C@@H]1[C@H]2O[C@@]3(CC2Br)[C@H](C(=O)N(CC=C)c2c(C)cccc2Cl)N(CCO)C(=O)[C@@H]13)c1ccccc1. The molecule has 268 valence electrons. The molecule has 3 fully saturated rings. The lowest BCUT2D eigenvalue weighted by molar-refractivity contribution is -0.163. The summed E-state index contributed by atoms with van der Waals surface area (Å²) in [6.07, 6.45) is 2.35. The Labute approximate surface area is 305 Å². The Morgan fingerprint density at radius 3 is 2.58 bits per heavy atom. The molecule has 2 aromatic carbocycles. The molecule has 2 N–H and O–H groups in total. The largest absolute Gasteiger partial charge is 0.455 e. The van der Waals surface area contributed by atoms with Gasteiger partial charge in [0.1, 0.15) is 17.7 Å². The van der Waals surface area contributed by atoms with E-state index in [2.05, 4.69) is 34.4 Å². The fourth-order valence-electron chi connectivity index (χ4n) is 7.68. The number of hydrogen-bond acceptors (Lipinski definition) is 8. The molecule has 11 nitrogen and oxygen atoms in total. The highest BCUT2D eigenvalue weighted by atomic mass is 79.9. The van der Waals surface area contributed by atoms with Crippen molar-refractivity contribution in [1.82, 2.24) is 10.2 Å². The van der Waals surface area contributed by atoms with Crippen LogP contribution >= 0.6 is 27.5 Å². The van der Waals surface area contributed by atoms with Crippen molar-refractivity contribution in [2.45, 2.75) is 60.9 Å². The molecule has 3 heterocycles. The Morgan fingerprint density at radius 2 is 1.94 bits per heavy atom. The topological polar surface area (TPSA) is 135 Å². The number of carbonyl (C=O) groups is 4. The van der Waals surface area contributed by atoms with E-state index >= 15 is 0 Å². The maximum Gasteiger partial charge on any atom is 0.313 e. The molecule has 2 bridgehead atoms. The number of aliphatic hydroxyl groups excluding tert-OH is 1. The van der Waals surface area contributed by atoms with Crippen LogP contribution in [0.15, 0.2) is 73.8 Å². The summed E-state index contributed by atoms with van der Waals surface area (Å²) in [4.78, 5) is 58.9. The van der Waals surface area contributed by atoms with Crippen LogP contribution in [0.25, 0.3) is 0 Å². The molecule has 1 unspecified atom stereocenters. The highest BCUT2D eigenvalue weighted by Crippen LogP contribution is 2.60. The summed E-state index contributed by atoms with van der Waals surface area (Å²) < 4.78 is 18.4. The Hall–Kier alpha value is -3.55. The summed E-state index contributed by atoms with van der Waals surface area (Å²) in [6, 6.07) is 12.3. The van der Waals surface area contributed by atoms with Gasteiger partial charge < -0.3 is 34.4 Å². The first-order chi connectivity index (χ1) is 24.0. The molecular formula is C37H43BrClN3O8. The normalized spacial score (nSPS) is 26.2. The molecule has 0 saturated carbocycles. The first-order valence-electron chi connectivity index (χ1n) is 16.6. The molecule has 0 aromatic heterocycles. The lowest BCUT2D eigenvalue weighted by Crippen LogP contribution is -2.57. The molecule has 0 aliphatic carbocycles. The number of hydrogen-bond donors (Lipinski definition) is 2. The van der Waals surface area contributed by atoms with Crippen molar-refractivity contribution in [1.29, 1.82) is 0 Å². The number of likely N-dealkylation sites (tertiary alicyclic amines) is 1. The van der Waals surface area contributed by atoms with E-state index in [9.17, 15) is 24.3 Å². The molecule has 1 spiro atoms. The molecule has 3 amide bonds. The molecule has 3 aliphatic rings. The quantitative estimate of drug-likeness (QED) is 0.147. The Bertz CT molecular complexity index is 1590. The number of para-hydroxylation sites is 1.